The number of amides is 2. The third kappa shape index (κ3) is 3.77. The van der Waals surface area contributed by atoms with E-state index >= 15 is 0 Å². The summed E-state index contributed by atoms with van der Waals surface area (Å²) in [5.41, 5.74) is 0. The van der Waals surface area contributed by atoms with Gasteiger partial charge in [0.1, 0.15) is 6.04 Å². The molecule has 0 saturated carbocycles. The van der Waals surface area contributed by atoms with Crippen molar-refractivity contribution in [2.75, 3.05) is 6.54 Å². The maximum atomic E-state index is 12.9. The van der Waals surface area contributed by atoms with Crippen molar-refractivity contribution in [2.24, 2.45) is 5.92 Å². The monoisotopic (exact) mass is 304 g/mol. The Hall–Kier alpha value is -1.53. The lowest BCUT2D eigenvalue weighted by atomic mass is 9.96. The molecule has 0 spiro atoms. The van der Waals surface area contributed by atoms with Crippen LogP contribution in [0.2, 0.25) is 0 Å². The maximum absolute atomic E-state index is 12.9. The molecule has 0 aromatic carbocycles. The Kier molecular flexibility index (Phi) is 4.58. The largest absolute Gasteiger partial charge is 0.408 e. The van der Waals surface area contributed by atoms with E-state index in [1.54, 1.807) is 0 Å². The van der Waals surface area contributed by atoms with Crippen molar-refractivity contribution in [3.63, 3.8) is 0 Å². The molecule has 1 heterocycles. The molecule has 1 aliphatic carbocycles. The highest BCUT2D eigenvalue weighted by Crippen LogP contribution is 2.32. The molecule has 2 aliphatic rings. The van der Waals surface area contributed by atoms with Crippen LogP contribution in [0, 0.1) is 5.92 Å². The van der Waals surface area contributed by atoms with Gasteiger partial charge < -0.3 is 10.2 Å². The van der Waals surface area contributed by atoms with Gasteiger partial charge in [-0.05, 0) is 25.7 Å². The molecule has 0 aromatic heterocycles. The summed E-state index contributed by atoms with van der Waals surface area (Å²) in [6.07, 6.45) is 0.826. The van der Waals surface area contributed by atoms with Crippen molar-refractivity contribution in [3.05, 3.63) is 12.2 Å². The van der Waals surface area contributed by atoms with E-state index in [2.05, 4.69) is 5.32 Å². The number of nitrogens with one attached hydrogen (secondary N) is 1. The first kappa shape index (κ1) is 15.9. The Bertz CT molecular complexity index is 440. The number of hydrogen-bond acceptors (Lipinski definition) is 2. The van der Waals surface area contributed by atoms with Crippen LogP contribution in [0.25, 0.3) is 0 Å². The van der Waals surface area contributed by atoms with Crippen LogP contribution in [0.15, 0.2) is 12.2 Å². The van der Waals surface area contributed by atoms with E-state index < -0.39 is 24.2 Å². The van der Waals surface area contributed by atoms with Gasteiger partial charge >= 0.3 is 6.18 Å². The highest BCUT2D eigenvalue weighted by Gasteiger charge is 2.47. The first-order chi connectivity index (χ1) is 9.79. The quantitative estimate of drug-likeness (QED) is 0.793. The van der Waals surface area contributed by atoms with Gasteiger partial charge in [0.05, 0.1) is 0 Å². The Morgan fingerprint density at radius 2 is 1.81 bits per heavy atom. The maximum Gasteiger partial charge on any atom is 0.408 e. The predicted octanol–water partition coefficient (Wildman–Crippen LogP) is 2.01. The Morgan fingerprint density at radius 1 is 1.19 bits per heavy atom. The van der Waals surface area contributed by atoms with Crippen molar-refractivity contribution < 1.29 is 22.8 Å². The molecule has 2 atom stereocenters. The minimum atomic E-state index is -4.42. The van der Waals surface area contributed by atoms with Crippen LogP contribution in [0.1, 0.15) is 32.6 Å². The second-order valence-corrected chi connectivity index (χ2v) is 5.65. The minimum absolute atomic E-state index is 0.0780. The normalized spacial score (nSPS) is 27.0. The van der Waals surface area contributed by atoms with E-state index in [-0.39, 0.29) is 31.2 Å². The van der Waals surface area contributed by atoms with Crippen molar-refractivity contribution in [2.45, 2.75) is 50.9 Å². The van der Waals surface area contributed by atoms with E-state index in [4.69, 9.17) is 0 Å². The Labute approximate surface area is 121 Å². The summed E-state index contributed by atoms with van der Waals surface area (Å²) < 4.78 is 38.7. The molecule has 0 unspecified atom stereocenters. The van der Waals surface area contributed by atoms with Gasteiger partial charge in [-0.15, -0.1) is 0 Å². The molecule has 1 aliphatic heterocycles. The van der Waals surface area contributed by atoms with Crippen molar-refractivity contribution in [1.29, 1.82) is 0 Å². The summed E-state index contributed by atoms with van der Waals surface area (Å²) in [5.74, 6) is -0.881. The van der Waals surface area contributed by atoms with E-state index in [1.165, 1.54) is 0 Å². The average Bonchev–Trinajstić information content (AvgIpc) is 2.91. The molecular formula is C14H19F3N2O2. The van der Waals surface area contributed by atoms with Crippen molar-refractivity contribution >= 4 is 11.8 Å². The second-order valence-electron chi connectivity index (χ2n) is 5.65. The molecule has 1 saturated heterocycles. The smallest absolute Gasteiger partial charge is 0.351 e. The van der Waals surface area contributed by atoms with E-state index in [0.29, 0.717) is 12.8 Å². The zero-order chi connectivity index (χ0) is 15.6. The molecule has 0 aromatic rings. The summed E-state index contributed by atoms with van der Waals surface area (Å²) in [7, 11) is 0. The summed E-state index contributed by atoms with van der Waals surface area (Å²) >= 11 is 0. The highest BCUT2D eigenvalue weighted by atomic mass is 19.4. The molecule has 21 heavy (non-hydrogen) atoms. The lowest BCUT2D eigenvalue weighted by Crippen LogP contribution is -2.58. The molecule has 0 bridgehead atoms. The first-order valence-corrected chi connectivity index (χ1v) is 7.08. The fraction of sp³-hybridized carbons (Fsp3) is 0.714. The topological polar surface area (TPSA) is 49.4 Å². The van der Waals surface area contributed by atoms with Crippen molar-refractivity contribution in [1.82, 2.24) is 10.2 Å². The van der Waals surface area contributed by atoms with Gasteiger partial charge in [-0.25, -0.2) is 0 Å². The number of alkyl halides is 3. The minimum Gasteiger partial charge on any atom is -0.351 e. The SMILES string of the molecule is CC(=O)N1C[C@H](NC(=O)C2CC=CC2)CC[C@@H]1C(F)(F)F. The Balaban J connectivity index is 1.95. The van der Waals surface area contributed by atoms with E-state index in [9.17, 15) is 22.8 Å². The zero-order valence-electron chi connectivity index (χ0n) is 11.8. The Morgan fingerprint density at radius 3 is 2.33 bits per heavy atom. The van der Waals surface area contributed by atoms with E-state index in [1.807, 2.05) is 12.2 Å². The van der Waals surface area contributed by atoms with Crippen LogP contribution in [0.4, 0.5) is 13.2 Å². The molecule has 118 valence electrons. The second kappa shape index (κ2) is 6.07. The average molecular weight is 304 g/mol. The fourth-order valence-corrected chi connectivity index (χ4v) is 2.93. The number of piperidine rings is 1. The third-order valence-corrected chi connectivity index (χ3v) is 4.09. The van der Waals surface area contributed by atoms with Gasteiger partial charge in [0, 0.05) is 25.4 Å². The molecule has 2 rings (SSSR count). The number of allylic oxidation sites excluding steroid dienone is 2. The predicted molar refractivity (Wildman–Crippen MR) is 70.3 cm³/mol. The number of rotatable bonds is 2. The number of halogens is 3. The van der Waals surface area contributed by atoms with E-state index in [0.717, 1.165) is 11.8 Å². The molecule has 0 radical (unpaired) electrons. The number of nitrogens with zero attached hydrogens (tertiary/aromatic N) is 1. The van der Waals surface area contributed by atoms with Gasteiger partial charge in [0.2, 0.25) is 11.8 Å². The van der Waals surface area contributed by atoms with Gasteiger partial charge in [-0.1, -0.05) is 12.2 Å². The van der Waals surface area contributed by atoms with Crippen LogP contribution < -0.4 is 5.32 Å². The number of likely N-dealkylation sites (tertiary alicyclic amines) is 1. The third-order valence-electron chi connectivity index (χ3n) is 4.09. The number of hydrogen-bond donors (Lipinski definition) is 1. The number of carbonyl (C=O) groups excluding carboxylic acids is 2. The molecule has 1 N–H and O–H groups in total. The lowest BCUT2D eigenvalue weighted by molar-refractivity contribution is -0.196. The molecular weight excluding hydrogens is 285 g/mol. The van der Waals surface area contributed by atoms with Gasteiger partial charge in [0.25, 0.3) is 0 Å². The fourth-order valence-electron chi connectivity index (χ4n) is 2.93. The van der Waals surface area contributed by atoms with Crippen LogP contribution in [0.5, 0.6) is 0 Å². The summed E-state index contributed by atoms with van der Waals surface area (Å²) in [6, 6.07) is -2.14. The highest BCUT2D eigenvalue weighted by molar-refractivity contribution is 5.80. The molecule has 4 nitrogen and oxygen atoms in total. The summed E-state index contributed by atoms with van der Waals surface area (Å²) in [6.45, 7) is 1.05. The van der Waals surface area contributed by atoms with Crippen LogP contribution in [-0.4, -0.2) is 41.5 Å². The van der Waals surface area contributed by atoms with Gasteiger partial charge in [-0.3, -0.25) is 9.59 Å². The zero-order valence-corrected chi connectivity index (χ0v) is 11.8. The summed E-state index contributed by atoms with van der Waals surface area (Å²) in [5, 5.41) is 2.78. The van der Waals surface area contributed by atoms with Crippen LogP contribution in [0.3, 0.4) is 0 Å². The number of carbonyl (C=O) groups is 2. The lowest BCUT2D eigenvalue weighted by Gasteiger charge is -2.40. The van der Waals surface area contributed by atoms with Gasteiger partial charge in [-0.2, -0.15) is 13.2 Å². The van der Waals surface area contributed by atoms with Crippen molar-refractivity contribution in [3.8, 4) is 0 Å². The van der Waals surface area contributed by atoms with Gasteiger partial charge in [0.15, 0.2) is 0 Å². The first-order valence-electron chi connectivity index (χ1n) is 7.08. The molecule has 2 amide bonds. The van der Waals surface area contributed by atoms with Crippen LogP contribution >= 0.6 is 0 Å². The standard InChI is InChI=1S/C14H19F3N2O2/c1-9(20)19-8-11(6-7-12(19)14(15,16)17)18-13(21)10-4-2-3-5-10/h2-3,10-12H,4-8H2,1H3,(H,18,21)/t11-,12-/m1/s1. The molecule has 7 heteroatoms. The molecule has 1 fully saturated rings. The summed E-state index contributed by atoms with van der Waals surface area (Å²) in [4.78, 5) is 24.3. The van der Waals surface area contributed by atoms with Crippen LogP contribution in [-0.2, 0) is 9.59 Å².